The Hall–Kier alpha value is -4.08. The van der Waals surface area contributed by atoms with Crippen molar-refractivity contribution < 1.29 is 23.2 Å². The van der Waals surface area contributed by atoms with Crippen molar-refractivity contribution in [2.45, 2.75) is 66.5 Å². The number of benzene rings is 3. The molecule has 2 aliphatic heterocycles. The van der Waals surface area contributed by atoms with Crippen LogP contribution in [0.3, 0.4) is 0 Å². The number of urea groups is 1. The number of rotatable bonds is 9. The Morgan fingerprint density at radius 3 is 2.33 bits per heavy atom. The van der Waals surface area contributed by atoms with E-state index in [9.17, 15) is 4.79 Å². The number of allylic oxidation sites excluding steroid dienone is 2. The van der Waals surface area contributed by atoms with Gasteiger partial charge in [-0.15, -0.1) is 0 Å². The number of carbonyl (C=O) groups is 1. The van der Waals surface area contributed by atoms with Crippen LogP contribution in [0.25, 0.3) is 0 Å². The Labute approximate surface area is 279 Å². The zero-order valence-electron chi connectivity index (χ0n) is 28.5. The smallest absolute Gasteiger partial charge is 0.331 e. The van der Waals surface area contributed by atoms with Crippen molar-refractivity contribution in [2.24, 2.45) is 0 Å². The number of nitrogens with zero attached hydrogens (tertiary/aromatic N) is 1. The van der Waals surface area contributed by atoms with Crippen molar-refractivity contribution in [1.29, 1.82) is 0 Å². The molecule has 0 aromatic heterocycles. The fourth-order valence-electron chi connectivity index (χ4n) is 5.44. The lowest BCUT2D eigenvalue weighted by atomic mass is 9.84. The van der Waals surface area contributed by atoms with Crippen LogP contribution in [0.1, 0.15) is 68.0 Å². The van der Waals surface area contributed by atoms with E-state index in [2.05, 4.69) is 46.6 Å². The molecule has 8 nitrogen and oxygen atoms in total. The van der Waals surface area contributed by atoms with Gasteiger partial charge in [0.2, 0.25) is 0 Å². The third-order valence-electron chi connectivity index (χ3n) is 7.70. The van der Waals surface area contributed by atoms with Crippen molar-refractivity contribution in [3.63, 3.8) is 0 Å². The molecule has 0 saturated carbocycles. The standard InChI is InChI=1S/C27H29N3O4S.C8H14O.C2H6/c1-17-4-6-21(7-5-17)28-27(31)29-35-34-26-14-19-13-24-23-9-8-22(32-2)12-18(23)10-11-30(24)16-20(19)15-25(26)33-3;1-5-6-8(9-4)7(2)3;1-2/h4-9,12,14-15,24H,10-11,13,16H2,1-3H3,(H2,28,29,31);6H,2,5H2,1,3-4H3;1-2H3/b;8-6+;. The van der Waals surface area contributed by atoms with Crippen LogP contribution >= 0.6 is 12.2 Å². The van der Waals surface area contributed by atoms with Gasteiger partial charge in [0.05, 0.1) is 21.3 Å². The van der Waals surface area contributed by atoms with Crippen LogP contribution in [-0.2, 0) is 24.1 Å². The third-order valence-corrected chi connectivity index (χ3v) is 8.23. The molecule has 2 N–H and O–H groups in total. The molecule has 1 unspecified atom stereocenters. The number of fused-ring (bicyclic) bond motifs is 4. The Morgan fingerprint density at radius 2 is 1.72 bits per heavy atom. The Kier molecular flexibility index (Phi) is 14.4. The second kappa shape index (κ2) is 18.2. The van der Waals surface area contributed by atoms with E-state index in [1.807, 2.05) is 70.2 Å². The van der Waals surface area contributed by atoms with Gasteiger partial charge < -0.3 is 23.7 Å². The van der Waals surface area contributed by atoms with E-state index in [0.717, 1.165) is 72.9 Å². The highest BCUT2D eigenvalue weighted by Crippen LogP contribution is 2.42. The Morgan fingerprint density at radius 1 is 1.00 bits per heavy atom. The van der Waals surface area contributed by atoms with Crippen LogP contribution in [0, 0.1) is 6.92 Å². The zero-order valence-corrected chi connectivity index (χ0v) is 29.3. The summed E-state index contributed by atoms with van der Waals surface area (Å²) in [5.74, 6) is 3.05. The summed E-state index contributed by atoms with van der Waals surface area (Å²) >= 11 is 0.866. The van der Waals surface area contributed by atoms with E-state index in [1.165, 1.54) is 22.3 Å². The molecule has 2 heterocycles. The SMILES string of the molecule is C=C(C)/C(=C\CC)OC.CC.COc1ccc2c(c1)CCN1Cc3cc(OC)c(OSNC(=O)Nc4ccc(C)cc4)cc3CC21. The first kappa shape index (κ1) is 36.4. The summed E-state index contributed by atoms with van der Waals surface area (Å²) in [6.45, 7) is 15.6. The minimum atomic E-state index is -0.360. The second-order valence-electron chi connectivity index (χ2n) is 10.8. The predicted octanol–water partition coefficient (Wildman–Crippen LogP) is 8.96. The molecule has 0 fully saturated rings. The fourth-order valence-corrected chi connectivity index (χ4v) is 5.83. The molecule has 0 radical (unpaired) electrons. The maximum atomic E-state index is 12.2. The van der Waals surface area contributed by atoms with E-state index >= 15 is 0 Å². The first-order valence-electron chi connectivity index (χ1n) is 15.7. The van der Waals surface area contributed by atoms with Crippen LogP contribution in [0.2, 0.25) is 0 Å². The van der Waals surface area contributed by atoms with Crippen LogP contribution in [0.5, 0.6) is 17.2 Å². The van der Waals surface area contributed by atoms with Gasteiger partial charge in [0.1, 0.15) is 11.5 Å². The average Bonchev–Trinajstić information content (AvgIpc) is 3.07. The van der Waals surface area contributed by atoms with Crippen molar-refractivity contribution in [3.05, 3.63) is 106 Å². The Bertz CT molecular complexity index is 1490. The second-order valence-corrected chi connectivity index (χ2v) is 11.4. The van der Waals surface area contributed by atoms with Crippen LogP contribution in [0.4, 0.5) is 10.5 Å². The lowest BCUT2D eigenvalue weighted by molar-refractivity contribution is 0.160. The summed E-state index contributed by atoms with van der Waals surface area (Å²) < 4.78 is 24.5. The number of carbonyl (C=O) groups excluding carboxylic acids is 1. The maximum Gasteiger partial charge on any atom is 0.331 e. The van der Waals surface area contributed by atoms with Crippen LogP contribution in [-0.4, -0.2) is 38.8 Å². The minimum Gasteiger partial charge on any atom is -0.497 e. The summed E-state index contributed by atoms with van der Waals surface area (Å²) in [4.78, 5) is 14.8. The molecule has 0 saturated heterocycles. The summed E-state index contributed by atoms with van der Waals surface area (Å²) in [6, 6.07) is 18.1. The van der Waals surface area contributed by atoms with Gasteiger partial charge in [-0.1, -0.05) is 51.1 Å². The highest BCUT2D eigenvalue weighted by atomic mass is 32.2. The maximum absolute atomic E-state index is 12.2. The summed E-state index contributed by atoms with van der Waals surface area (Å²) in [5, 5.41) is 2.79. The number of amides is 2. The molecular weight excluding hydrogens is 598 g/mol. The normalized spacial score (nSPS) is 14.8. The molecular formula is C37H49N3O5S. The summed E-state index contributed by atoms with van der Waals surface area (Å²) in [6.07, 6.45) is 4.92. The molecule has 1 atom stereocenters. The largest absolute Gasteiger partial charge is 0.497 e. The third kappa shape index (κ3) is 9.71. The van der Waals surface area contributed by atoms with Crippen LogP contribution in [0.15, 0.2) is 78.6 Å². The highest BCUT2D eigenvalue weighted by molar-refractivity contribution is 7.93. The first-order chi connectivity index (χ1) is 22.3. The van der Waals surface area contributed by atoms with Crippen LogP contribution < -0.4 is 23.7 Å². The van der Waals surface area contributed by atoms with Gasteiger partial charge in [-0.3, -0.25) is 4.90 Å². The van der Waals surface area contributed by atoms with Crippen molar-refractivity contribution in [1.82, 2.24) is 9.62 Å². The van der Waals surface area contributed by atoms with E-state index in [1.54, 1.807) is 21.3 Å². The monoisotopic (exact) mass is 647 g/mol. The highest BCUT2D eigenvalue weighted by Gasteiger charge is 2.33. The first-order valence-corrected chi connectivity index (χ1v) is 16.5. The number of ether oxygens (including phenoxy) is 3. The van der Waals surface area contributed by atoms with E-state index in [4.69, 9.17) is 18.4 Å². The number of nitrogens with one attached hydrogen (secondary N) is 2. The predicted molar refractivity (Wildman–Crippen MR) is 190 cm³/mol. The number of hydrogen-bond acceptors (Lipinski definition) is 7. The van der Waals surface area contributed by atoms with E-state index in [-0.39, 0.29) is 6.03 Å². The number of methoxy groups -OCH3 is 3. The fraction of sp³-hybridized carbons (Fsp3) is 0.378. The molecule has 0 bridgehead atoms. The molecule has 5 rings (SSSR count). The summed E-state index contributed by atoms with van der Waals surface area (Å²) in [7, 11) is 5.00. The van der Waals surface area contributed by atoms with Gasteiger partial charge in [-0.05, 0) is 103 Å². The Balaban J connectivity index is 0.000000454. The molecule has 0 spiro atoms. The molecule has 9 heteroatoms. The molecule has 3 aromatic carbocycles. The number of hydrogen-bond donors (Lipinski definition) is 2. The van der Waals surface area contributed by atoms with Crippen molar-refractivity contribution in [3.8, 4) is 17.2 Å². The molecule has 2 aliphatic rings. The van der Waals surface area contributed by atoms with E-state index in [0.29, 0.717) is 17.5 Å². The van der Waals surface area contributed by atoms with Gasteiger partial charge in [-0.2, -0.15) is 0 Å². The van der Waals surface area contributed by atoms with Gasteiger partial charge in [0, 0.05) is 24.8 Å². The lowest BCUT2D eigenvalue weighted by Crippen LogP contribution is -2.39. The molecule has 248 valence electrons. The molecule has 0 aliphatic carbocycles. The number of anilines is 1. The van der Waals surface area contributed by atoms with Gasteiger partial charge in [0.15, 0.2) is 23.7 Å². The average molecular weight is 648 g/mol. The van der Waals surface area contributed by atoms with Gasteiger partial charge in [-0.25, -0.2) is 9.52 Å². The van der Waals surface area contributed by atoms with E-state index < -0.39 is 0 Å². The molecule has 2 amide bonds. The van der Waals surface area contributed by atoms with Crippen molar-refractivity contribution in [2.75, 3.05) is 33.2 Å². The quantitative estimate of drug-likeness (QED) is 0.104. The number of aryl methyl sites for hydroxylation is 1. The lowest BCUT2D eigenvalue weighted by Gasteiger charge is -2.41. The van der Waals surface area contributed by atoms with Gasteiger partial charge in [0.25, 0.3) is 0 Å². The van der Waals surface area contributed by atoms with Crippen molar-refractivity contribution >= 4 is 23.9 Å². The minimum absolute atomic E-state index is 0.324. The molecule has 46 heavy (non-hydrogen) atoms. The topological polar surface area (TPSA) is 81.3 Å². The van der Waals surface area contributed by atoms with Gasteiger partial charge >= 0.3 is 6.03 Å². The summed E-state index contributed by atoms with van der Waals surface area (Å²) in [5.41, 5.74) is 8.04. The molecule has 3 aromatic rings. The zero-order chi connectivity index (χ0) is 33.6.